The van der Waals surface area contributed by atoms with Gasteiger partial charge in [-0.05, 0) is 69.8 Å². The van der Waals surface area contributed by atoms with Crippen molar-refractivity contribution in [1.29, 1.82) is 0 Å². The zero-order valence-electron chi connectivity index (χ0n) is 15.3. The molecule has 1 aromatic carbocycles. The number of likely N-dealkylation sites (tertiary alicyclic amines) is 1. The number of amides is 1. The van der Waals surface area contributed by atoms with Gasteiger partial charge in [0.15, 0.2) is 0 Å². The number of fused-ring (bicyclic) bond motifs is 2. The fraction of sp³-hybridized carbons (Fsp3) is 0.500. The van der Waals surface area contributed by atoms with Crippen molar-refractivity contribution >= 4 is 41.6 Å². The monoisotopic (exact) mass is 395 g/mol. The first kappa shape index (κ1) is 20.9. The highest BCUT2D eigenvalue weighted by atomic mass is 35.5. The van der Waals surface area contributed by atoms with Gasteiger partial charge in [-0.1, -0.05) is 11.6 Å². The molecular weight excluding hydrogens is 369 g/mol. The number of hydrogen-bond acceptors (Lipinski definition) is 3. The van der Waals surface area contributed by atoms with Crippen LogP contribution in [-0.4, -0.2) is 42.0 Å². The van der Waals surface area contributed by atoms with Crippen molar-refractivity contribution < 1.29 is 4.79 Å². The number of carbonyl (C=O) groups is 1. The molecule has 0 spiro atoms. The third-order valence-electron chi connectivity index (χ3n) is 5.70. The molecule has 4 rings (SSSR count). The lowest BCUT2D eigenvalue weighted by Crippen LogP contribution is -2.33. The molecule has 1 aromatic heterocycles. The average Bonchev–Trinajstić information content (AvgIpc) is 2.92. The van der Waals surface area contributed by atoms with Crippen molar-refractivity contribution in [3.63, 3.8) is 0 Å². The summed E-state index contributed by atoms with van der Waals surface area (Å²) in [5.74, 6) is 1.62. The highest BCUT2D eigenvalue weighted by molar-refractivity contribution is 5.98. The van der Waals surface area contributed by atoms with Gasteiger partial charge in [0.25, 0.3) is 5.91 Å². The third-order valence-corrected chi connectivity index (χ3v) is 5.70. The third kappa shape index (κ3) is 3.98. The Morgan fingerprint density at radius 3 is 2.38 bits per heavy atom. The van der Waals surface area contributed by atoms with E-state index in [1.165, 1.54) is 5.56 Å². The van der Waals surface area contributed by atoms with Gasteiger partial charge in [-0.15, -0.1) is 24.8 Å². The molecule has 0 bridgehead atoms. The zero-order chi connectivity index (χ0) is 16.7. The summed E-state index contributed by atoms with van der Waals surface area (Å²) < 4.78 is 0. The number of nitrogens with one attached hydrogen (secondary N) is 1. The lowest BCUT2D eigenvalue weighted by atomic mass is 9.92. The summed E-state index contributed by atoms with van der Waals surface area (Å²) in [4.78, 5) is 19.8. The Bertz CT molecular complexity index is 782. The van der Waals surface area contributed by atoms with Crippen molar-refractivity contribution in [2.24, 2.45) is 11.8 Å². The van der Waals surface area contributed by atoms with Crippen LogP contribution in [0.2, 0.25) is 0 Å². The Hall–Kier alpha value is -1.36. The van der Waals surface area contributed by atoms with Gasteiger partial charge >= 0.3 is 0 Å². The van der Waals surface area contributed by atoms with Crippen LogP contribution >= 0.6 is 24.8 Å². The fourth-order valence-electron chi connectivity index (χ4n) is 4.20. The van der Waals surface area contributed by atoms with Gasteiger partial charge in [-0.2, -0.15) is 0 Å². The molecule has 2 aliphatic heterocycles. The van der Waals surface area contributed by atoms with Gasteiger partial charge in [0.1, 0.15) is 0 Å². The van der Waals surface area contributed by atoms with E-state index >= 15 is 0 Å². The molecule has 26 heavy (non-hydrogen) atoms. The Kier molecular flexibility index (Phi) is 6.89. The molecule has 1 amide bonds. The molecule has 1 N–H and O–H groups in total. The van der Waals surface area contributed by atoms with Crippen molar-refractivity contribution in [2.45, 2.75) is 26.7 Å². The molecule has 0 unspecified atom stereocenters. The van der Waals surface area contributed by atoms with Crippen LogP contribution in [0.15, 0.2) is 24.3 Å². The van der Waals surface area contributed by atoms with E-state index in [9.17, 15) is 4.79 Å². The maximum atomic E-state index is 13.1. The molecule has 2 aliphatic rings. The second-order valence-corrected chi connectivity index (χ2v) is 7.37. The topological polar surface area (TPSA) is 45.2 Å². The molecule has 0 radical (unpaired) electrons. The predicted molar refractivity (Wildman–Crippen MR) is 111 cm³/mol. The van der Waals surface area contributed by atoms with E-state index in [1.54, 1.807) is 0 Å². The summed E-state index contributed by atoms with van der Waals surface area (Å²) in [5.41, 5.74) is 3.76. The highest BCUT2D eigenvalue weighted by Crippen LogP contribution is 2.28. The minimum absolute atomic E-state index is 0. The van der Waals surface area contributed by atoms with E-state index in [4.69, 9.17) is 0 Å². The summed E-state index contributed by atoms with van der Waals surface area (Å²) in [5, 5.41) is 4.54. The normalized spacial score (nSPS) is 22.2. The Morgan fingerprint density at radius 2 is 1.73 bits per heavy atom. The van der Waals surface area contributed by atoms with Crippen molar-refractivity contribution in [1.82, 2.24) is 15.2 Å². The molecule has 2 fully saturated rings. The number of hydrogen-bond donors (Lipinski definition) is 1. The second-order valence-electron chi connectivity index (χ2n) is 7.37. The minimum atomic E-state index is 0. The summed E-state index contributed by atoms with van der Waals surface area (Å²) in [6.45, 7) is 7.98. The first-order valence-electron chi connectivity index (χ1n) is 9.00. The van der Waals surface area contributed by atoms with E-state index in [0.29, 0.717) is 0 Å². The minimum Gasteiger partial charge on any atom is -0.339 e. The molecular formula is C20H27Cl2N3O. The summed E-state index contributed by atoms with van der Waals surface area (Å²) >= 11 is 0. The zero-order valence-corrected chi connectivity index (χ0v) is 17.0. The Morgan fingerprint density at radius 1 is 1.08 bits per heavy atom. The van der Waals surface area contributed by atoms with E-state index in [0.717, 1.165) is 73.0 Å². The summed E-state index contributed by atoms with van der Waals surface area (Å²) in [7, 11) is 0. The van der Waals surface area contributed by atoms with E-state index in [1.807, 2.05) is 24.0 Å². The number of rotatable bonds is 1. The van der Waals surface area contributed by atoms with Crippen molar-refractivity contribution in [3.05, 3.63) is 41.1 Å². The first-order chi connectivity index (χ1) is 11.6. The van der Waals surface area contributed by atoms with Gasteiger partial charge < -0.3 is 10.2 Å². The van der Waals surface area contributed by atoms with Crippen LogP contribution in [0.25, 0.3) is 10.9 Å². The van der Waals surface area contributed by atoms with Crippen molar-refractivity contribution in [2.75, 3.05) is 26.2 Å². The molecule has 4 nitrogen and oxygen atoms in total. The number of pyridine rings is 1. The maximum absolute atomic E-state index is 13.1. The molecule has 6 heteroatoms. The SMILES string of the molecule is Cc1ccc2nc(C)c(C(=O)N3CC[C@@H]4CNC[C@@H]4CC3)cc2c1.Cl.Cl. The van der Waals surface area contributed by atoms with Gasteiger partial charge in [0.05, 0.1) is 16.8 Å². The largest absolute Gasteiger partial charge is 0.339 e. The van der Waals surface area contributed by atoms with Crippen LogP contribution in [0.1, 0.15) is 34.5 Å². The number of carbonyl (C=O) groups excluding carboxylic acids is 1. The van der Waals surface area contributed by atoms with Gasteiger partial charge in [-0.25, -0.2) is 0 Å². The van der Waals surface area contributed by atoms with Crippen LogP contribution in [0.5, 0.6) is 0 Å². The van der Waals surface area contributed by atoms with Crippen molar-refractivity contribution in [3.8, 4) is 0 Å². The van der Waals surface area contributed by atoms with Crippen LogP contribution in [0.4, 0.5) is 0 Å². The second kappa shape index (κ2) is 8.55. The van der Waals surface area contributed by atoms with Crippen LogP contribution in [0, 0.1) is 25.7 Å². The molecule has 0 saturated carbocycles. The summed E-state index contributed by atoms with van der Waals surface area (Å²) in [6.07, 6.45) is 2.23. The quantitative estimate of drug-likeness (QED) is 0.798. The number of halogens is 2. The van der Waals surface area contributed by atoms with Gasteiger partial charge in [0.2, 0.25) is 0 Å². The van der Waals surface area contributed by atoms with Gasteiger partial charge in [-0.3, -0.25) is 9.78 Å². The highest BCUT2D eigenvalue weighted by Gasteiger charge is 2.32. The lowest BCUT2D eigenvalue weighted by Gasteiger charge is -2.22. The number of aryl methyl sites for hydroxylation is 2. The standard InChI is InChI=1S/C20H25N3O.2ClH/c1-13-3-4-19-17(9-13)10-18(14(2)22-19)20(24)23-7-5-15-11-21-12-16(15)6-8-23;;/h3-4,9-10,15-16,21H,5-8,11-12H2,1-2H3;2*1H/t15-,16+;;. The maximum Gasteiger partial charge on any atom is 0.255 e. The molecule has 0 aliphatic carbocycles. The Labute approximate surface area is 167 Å². The first-order valence-corrected chi connectivity index (χ1v) is 9.00. The lowest BCUT2D eigenvalue weighted by molar-refractivity contribution is 0.0757. The average molecular weight is 396 g/mol. The molecule has 142 valence electrons. The summed E-state index contributed by atoms with van der Waals surface area (Å²) in [6, 6.07) is 8.24. The van der Waals surface area contributed by atoms with Crippen LogP contribution < -0.4 is 5.32 Å². The van der Waals surface area contributed by atoms with Crippen LogP contribution in [0.3, 0.4) is 0 Å². The van der Waals surface area contributed by atoms with E-state index < -0.39 is 0 Å². The molecule has 3 heterocycles. The number of benzene rings is 1. The smallest absolute Gasteiger partial charge is 0.255 e. The Balaban J connectivity index is 0.00000121. The van der Waals surface area contributed by atoms with Crippen LogP contribution in [-0.2, 0) is 0 Å². The fourth-order valence-corrected chi connectivity index (χ4v) is 4.20. The van der Waals surface area contributed by atoms with Gasteiger partial charge in [0, 0.05) is 18.5 Å². The van der Waals surface area contributed by atoms with E-state index in [2.05, 4.69) is 29.4 Å². The molecule has 2 saturated heterocycles. The van der Waals surface area contributed by atoms with E-state index in [-0.39, 0.29) is 30.7 Å². The number of aromatic nitrogens is 1. The number of nitrogens with zero attached hydrogens (tertiary/aromatic N) is 2. The molecule has 2 aromatic rings. The molecule has 2 atom stereocenters. The predicted octanol–water partition coefficient (Wildman–Crippen LogP) is 3.77.